The number of nitrogens with zero attached hydrogens (tertiary/aromatic N) is 1. The summed E-state index contributed by atoms with van der Waals surface area (Å²) in [7, 11) is 4.64. The highest BCUT2D eigenvalue weighted by Crippen LogP contribution is 2.29. The lowest BCUT2D eigenvalue weighted by Gasteiger charge is -2.13. The van der Waals surface area contributed by atoms with E-state index in [1.807, 2.05) is 0 Å². The Morgan fingerprint density at radius 2 is 2.00 bits per heavy atom. The third-order valence-corrected chi connectivity index (χ3v) is 2.58. The van der Waals surface area contributed by atoms with E-state index in [4.69, 9.17) is 9.47 Å². The fourth-order valence-electron chi connectivity index (χ4n) is 1.66. The molecular weight excluding hydrogens is 248 g/mol. The number of hydrogen-bond acceptors (Lipinski definition) is 4. The SMILES string of the molecule is COc1cccc2c(OC(=O)N(C)C)cc(=O)[nH]c12. The summed E-state index contributed by atoms with van der Waals surface area (Å²) in [6.45, 7) is 0. The second-order valence-corrected chi connectivity index (χ2v) is 4.14. The number of carbonyl (C=O) groups excluding carboxylic acids is 1. The van der Waals surface area contributed by atoms with Gasteiger partial charge in [0.2, 0.25) is 0 Å². The van der Waals surface area contributed by atoms with Gasteiger partial charge in [-0.05, 0) is 12.1 Å². The number of aromatic amines is 1. The van der Waals surface area contributed by atoms with Gasteiger partial charge in [-0.25, -0.2) is 4.79 Å². The minimum atomic E-state index is -0.547. The molecule has 1 aromatic heterocycles. The molecule has 0 saturated heterocycles. The molecular formula is C13H14N2O4. The number of aromatic nitrogens is 1. The Morgan fingerprint density at radius 1 is 1.26 bits per heavy atom. The van der Waals surface area contributed by atoms with Crippen molar-refractivity contribution < 1.29 is 14.3 Å². The number of para-hydroxylation sites is 1. The van der Waals surface area contributed by atoms with E-state index in [1.54, 1.807) is 32.3 Å². The fraction of sp³-hybridized carbons (Fsp3) is 0.231. The summed E-state index contributed by atoms with van der Waals surface area (Å²) in [6, 6.07) is 6.46. The van der Waals surface area contributed by atoms with Gasteiger partial charge in [-0.1, -0.05) is 6.07 Å². The van der Waals surface area contributed by atoms with Crippen molar-refractivity contribution in [2.75, 3.05) is 21.2 Å². The highest BCUT2D eigenvalue weighted by atomic mass is 16.6. The van der Waals surface area contributed by atoms with E-state index in [-0.39, 0.29) is 11.3 Å². The first-order valence-electron chi connectivity index (χ1n) is 5.62. The Kier molecular flexibility index (Phi) is 3.41. The monoisotopic (exact) mass is 262 g/mol. The van der Waals surface area contributed by atoms with Crippen LogP contribution >= 0.6 is 0 Å². The molecule has 0 bridgehead atoms. The van der Waals surface area contributed by atoms with Gasteiger partial charge in [0.1, 0.15) is 11.5 Å². The predicted molar refractivity (Wildman–Crippen MR) is 70.8 cm³/mol. The van der Waals surface area contributed by atoms with Crippen molar-refractivity contribution in [3.05, 3.63) is 34.6 Å². The van der Waals surface area contributed by atoms with Crippen LogP contribution in [0.25, 0.3) is 10.9 Å². The molecule has 6 heteroatoms. The summed E-state index contributed by atoms with van der Waals surface area (Å²) in [5, 5.41) is 0.606. The van der Waals surface area contributed by atoms with Crippen molar-refractivity contribution in [3.8, 4) is 11.5 Å². The van der Waals surface area contributed by atoms with Crippen LogP contribution in [-0.2, 0) is 0 Å². The van der Waals surface area contributed by atoms with Crippen molar-refractivity contribution in [3.63, 3.8) is 0 Å². The summed E-state index contributed by atoms with van der Waals surface area (Å²) in [6.07, 6.45) is -0.547. The second kappa shape index (κ2) is 5.01. The molecule has 1 amide bonds. The van der Waals surface area contributed by atoms with Crippen LogP contribution in [0.1, 0.15) is 0 Å². The molecule has 1 heterocycles. The number of ether oxygens (including phenoxy) is 2. The first-order valence-corrected chi connectivity index (χ1v) is 5.62. The number of rotatable bonds is 2. The smallest absolute Gasteiger partial charge is 0.414 e. The average molecular weight is 262 g/mol. The number of amides is 1. The van der Waals surface area contributed by atoms with Crippen LogP contribution in [0.3, 0.4) is 0 Å². The minimum absolute atomic E-state index is 0.205. The quantitative estimate of drug-likeness (QED) is 0.892. The first kappa shape index (κ1) is 12.9. The molecule has 2 aromatic rings. The molecule has 1 N–H and O–H groups in total. The Hall–Kier alpha value is -2.50. The molecule has 0 radical (unpaired) electrons. The molecule has 0 spiro atoms. The van der Waals surface area contributed by atoms with Gasteiger partial charge in [0.25, 0.3) is 5.56 Å². The second-order valence-electron chi connectivity index (χ2n) is 4.14. The number of pyridine rings is 1. The van der Waals surface area contributed by atoms with E-state index in [0.29, 0.717) is 16.7 Å². The van der Waals surface area contributed by atoms with Crippen LogP contribution in [-0.4, -0.2) is 37.2 Å². The highest BCUT2D eigenvalue weighted by Gasteiger charge is 2.13. The molecule has 100 valence electrons. The molecule has 1 aromatic carbocycles. The molecule has 0 saturated carbocycles. The average Bonchev–Trinajstić information content (AvgIpc) is 2.37. The molecule has 0 aliphatic carbocycles. The Morgan fingerprint density at radius 3 is 2.63 bits per heavy atom. The van der Waals surface area contributed by atoms with E-state index in [9.17, 15) is 9.59 Å². The molecule has 6 nitrogen and oxygen atoms in total. The lowest BCUT2D eigenvalue weighted by Crippen LogP contribution is -2.26. The maximum atomic E-state index is 11.6. The van der Waals surface area contributed by atoms with Crippen molar-refractivity contribution >= 4 is 17.0 Å². The maximum Gasteiger partial charge on any atom is 0.414 e. The Bertz CT molecular complexity index is 676. The molecule has 0 aliphatic rings. The first-order chi connectivity index (χ1) is 9.02. The summed E-state index contributed by atoms with van der Waals surface area (Å²) in [5.74, 6) is 0.716. The summed E-state index contributed by atoms with van der Waals surface area (Å²) < 4.78 is 10.3. The molecule has 0 unspecified atom stereocenters. The third-order valence-electron chi connectivity index (χ3n) is 2.58. The minimum Gasteiger partial charge on any atom is -0.495 e. The van der Waals surface area contributed by atoms with Crippen LogP contribution < -0.4 is 15.0 Å². The Balaban J connectivity index is 2.61. The molecule has 0 atom stereocenters. The van der Waals surface area contributed by atoms with Crippen LogP contribution in [0, 0.1) is 0 Å². The summed E-state index contributed by atoms with van der Waals surface area (Å²) in [5.41, 5.74) is 0.137. The zero-order valence-electron chi connectivity index (χ0n) is 10.9. The van der Waals surface area contributed by atoms with Crippen LogP contribution in [0.15, 0.2) is 29.1 Å². The van der Waals surface area contributed by atoms with Crippen molar-refractivity contribution in [2.45, 2.75) is 0 Å². The van der Waals surface area contributed by atoms with Crippen LogP contribution in [0.4, 0.5) is 4.79 Å². The van der Waals surface area contributed by atoms with Gasteiger partial charge < -0.3 is 19.4 Å². The van der Waals surface area contributed by atoms with Gasteiger partial charge in [-0.15, -0.1) is 0 Å². The van der Waals surface area contributed by atoms with Crippen molar-refractivity contribution in [1.29, 1.82) is 0 Å². The standard InChI is InChI=1S/C13H14N2O4/c1-15(2)13(17)19-10-7-11(16)14-12-8(10)5-4-6-9(12)18-3/h4-7H,1-3H3,(H,14,16). The normalized spacial score (nSPS) is 10.3. The van der Waals surface area contributed by atoms with E-state index in [0.717, 1.165) is 0 Å². The van der Waals surface area contributed by atoms with Gasteiger partial charge in [0.15, 0.2) is 0 Å². The van der Waals surface area contributed by atoms with E-state index >= 15 is 0 Å². The van der Waals surface area contributed by atoms with Gasteiger partial charge in [0.05, 0.1) is 12.6 Å². The van der Waals surface area contributed by atoms with Crippen LogP contribution in [0.2, 0.25) is 0 Å². The van der Waals surface area contributed by atoms with Gasteiger partial charge in [-0.3, -0.25) is 4.79 Å². The van der Waals surface area contributed by atoms with Gasteiger partial charge in [0, 0.05) is 25.5 Å². The number of H-pyrrole nitrogens is 1. The molecule has 0 aliphatic heterocycles. The lowest BCUT2D eigenvalue weighted by molar-refractivity contribution is 0.172. The predicted octanol–water partition coefficient (Wildman–Crippen LogP) is 1.60. The number of methoxy groups -OCH3 is 1. The number of carbonyl (C=O) groups is 1. The third kappa shape index (κ3) is 2.52. The van der Waals surface area contributed by atoms with Gasteiger partial charge >= 0.3 is 6.09 Å². The van der Waals surface area contributed by atoms with E-state index < -0.39 is 6.09 Å². The zero-order valence-corrected chi connectivity index (χ0v) is 10.9. The number of benzene rings is 1. The number of hydrogen-bond donors (Lipinski definition) is 1. The maximum absolute atomic E-state index is 11.6. The van der Waals surface area contributed by atoms with Gasteiger partial charge in [-0.2, -0.15) is 0 Å². The fourth-order valence-corrected chi connectivity index (χ4v) is 1.66. The van der Waals surface area contributed by atoms with Crippen molar-refractivity contribution in [1.82, 2.24) is 9.88 Å². The molecule has 2 rings (SSSR count). The van der Waals surface area contributed by atoms with Crippen molar-refractivity contribution in [2.24, 2.45) is 0 Å². The van der Waals surface area contributed by atoms with E-state index in [1.165, 1.54) is 18.1 Å². The largest absolute Gasteiger partial charge is 0.495 e. The van der Waals surface area contributed by atoms with Crippen LogP contribution in [0.5, 0.6) is 11.5 Å². The zero-order chi connectivity index (χ0) is 14.0. The number of nitrogens with one attached hydrogen (secondary N) is 1. The molecule has 19 heavy (non-hydrogen) atoms. The highest BCUT2D eigenvalue weighted by molar-refractivity contribution is 5.91. The summed E-state index contributed by atoms with van der Waals surface area (Å²) >= 11 is 0. The Labute approximate surface area is 109 Å². The summed E-state index contributed by atoms with van der Waals surface area (Å²) in [4.78, 5) is 27.1. The number of fused-ring (bicyclic) bond motifs is 1. The topological polar surface area (TPSA) is 71.6 Å². The lowest BCUT2D eigenvalue weighted by atomic mass is 10.2. The molecule has 0 fully saturated rings. The van der Waals surface area contributed by atoms with E-state index in [2.05, 4.69) is 4.98 Å².